The standard InChI is InChI=1S/C12H11ClN2/c13-12-4-3-9(6-11(12)7-14)10-2-1-5-15-8-10/h1-6,8H,7,14H2. The molecule has 0 bridgehead atoms. The zero-order valence-electron chi connectivity index (χ0n) is 8.15. The van der Waals surface area contributed by atoms with Gasteiger partial charge in [0.15, 0.2) is 0 Å². The van der Waals surface area contributed by atoms with Crippen LogP contribution in [0.2, 0.25) is 5.02 Å². The Morgan fingerprint density at radius 3 is 2.73 bits per heavy atom. The predicted octanol–water partition coefficient (Wildman–Crippen LogP) is 2.86. The minimum Gasteiger partial charge on any atom is -0.326 e. The molecular weight excluding hydrogens is 208 g/mol. The number of rotatable bonds is 2. The Morgan fingerprint density at radius 2 is 2.07 bits per heavy atom. The molecule has 0 amide bonds. The lowest BCUT2D eigenvalue weighted by Crippen LogP contribution is -1.97. The van der Waals surface area contributed by atoms with Gasteiger partial charge < -0.3 is 5.73 Å². The molecule has 76 valence electrons. The maximum absolute atomic E-state index is 5.99. The summed E-state index contributed by atoms with van der Waals surface area (Å²) in [7, 11) is 0. The molecule has 0 unspecified atom stereocenters. The Labute approximate surface area is 93.7 Å². The molecule has 1 aromatic carbocycles. The van der Waals surface area contributed by atoms with E-state index in [1.54, 1.807) is 6.20 Å². The number of benzene rings is 1. The summed E-state index contributed by atoms with van der Waals surface area (Å²) in [4.78, 5) is 4.07. The molecule has 2 aromatic rings. The first-order chi connectivity index (χ1) is 7.31. The number of hydrogen-bond acceptors (Lipinski definition) is 2. The highest BCUT2D eigenvalue weighted by atomic mass is 35.5. The molecular formula is C12H11ClN2. The first kappa shape index (κ1) is 10.1. The van der Waals surface area contributed by atoms with E-state index in [1.807, 2.05) is 36.5 Å². The zero-order valence-corrected chi connectivity index (χ0v) is 8.91. The van der Waals surface area contributed by atoms with Crippen molar-refractivity contribution in [3.05, 3.63) is 53.3 Å². The van der Waals surface area contributed by atoms with Crippen molar-refractivity contribution >= 4 is 11.6 Å². The average Bonchev–Trinajstić information content (AvgIpc) is 2.31. The lowest BCUT2D eigenvalue weighted by atomic mass is 10.0. The van der Waals surface area contributed by atoms with Crippen LogP contribution in [0.15, 0.2) is 42.7 Å². The van der Waals surface area contributed by atoms with Crippen LogP contribution in [0.1, 0.15) is 5.56 Å². The summed E-state index contributed by atoms with van der Waals surface area (Å²) in [6, 6.07) is 9.76. The van der Waals surface area contributed by atoms with Crippen molar-refractivity contribution < 1.29 is 0 Å². The summed E-state index contributed by atoms with van der Waals surface area (Å²) >= 11 is 5.99. The van der Waals surface area contributed by atoms with Gasteiger partial charge in [0.1, 0.15) is 0 Å². The van der Waals surface area contributed by atoms with E-state index >= 15 is 0 Å². The Bertz CT molecular complexity index is 454. The quantitative estimate of drug-likeness (QED) is 0.842. The van der Waals surface area contributed by atoms with Crippen LogP contribution >= 0.6 is 11.6 Å². The normalized spacial score (nSPS) is 10.3. The summed E-state index contributed by atoms with van der Waals surface area (Å²) in [5.41, 5.74) is 8.72. The number of halogens is 1. The van der Waals surface area contributed by atoms with E-state index < -0.39 is 0 Å². The van der Waals surface area contributed by atoms with Crippen LogP contribution < -0.4 is 5.73 Å². The highest BCUT2D eigenvalue weighted by Gasteiger charge is 2.02. The summed E-state index contributed by atoms with van der Waals surface area (Å²) < 4.78 is 0. The fourth-order valence-electron chi connectivity index (χ4n) is 1.44. The molecule has 0 atom stereocenters. The van der Waals surface area contributed by atoms with Gasteiger partial charge in [0.05, 0.1) is 0 Å². The number of pyridine rings is 1. The van der Waals surface area contributed by atoms with E-state index in [2.05, 4.69) is 4.98 Å². The second-order valence-corrected chi connectivity index (χ2v) is 3.66. The van der Waals surface area contributed by atoms with Crippen LogP contribution in [0, 0.1) is 0 Å². The van der Waals surface area contributed by atoms with Gasteiger partial charge in [-0.15, -0.1) is 0 Å². The van der Waals surface area contributed by atoms with Gasteiger partial charge in [-0.05, 0) is 34.9 Å². The molecule has 3 heteroatoms. The van der Waals surface area contributed by atoms with Crippen molar-refractivity contribution in [3.63, 3.8) is 0 Å². The van der Waals surface area contributed by atoms with Crippen molar-refractivity contribution in [2.24, 2.45) is 5.73 Å². The van der Waals surface area contributed by atoms with Gasteiger partial charge in [0.2, 0.25) is 0 Å². The van der Waals surface area contributed by atoms with Crippen LogP contribution in [-0.4, -0.2) is 4.98 Å². The summed E-state index contributed by atoms with van der Waals surface area (Å²) in [5, 5.41) is 0.713. The third-order valence-electron chi connectivity index (χ3n) is 2.26. The lowest BCUT2D eigenvalue weighted by molar-refractivity contribution is 1.07. The molecule has 0 aliphatic heterocycles. The second kappa shape index (κ2) is 4.43. The lowest BCUT2D eigenvalue weighted by Gasteiger charge is -2.05. The summed E-state index contributed by atoms with van der Waals surface area (Å²) in [6.07, 6.45) is 3.58. The van der Waals surface area contributed by atoms with Gasteiger partial charge in [-0.25, -0.2) is 0 Å². The zero-order chi connectivity index (χ0) is 10.7. The van der Waals surface area contributed by atoms with Crippen LogP contribution in [0.5, 0.6) is 0 Å². The van der Waals surface area contributed by atoms with Crippen LogP contribution in [0.4, 0.5) is 0 Å². The van der Waals surface area contributed by atoms with Crippen molar-refractivity contribution in [2.45, 2.75) is 6.54 Å². The van der Waals surface area contributed by atoms with E-state index in [0.717, 1.165) is 16.7 Å². The fraction of sp³-hybridized carbons (Fsp3) is 0.0833. The third kappa shape index (κ3) is 2.17. The predicted molar refractivity (Wildman–Crippen MR) is 62.6 cm³/mol. The molecule has 0 spiro atoms. The Kier molecular flexibility index (Phi) is 2.99. The van der Waals surface area contributed by atoms with Crippen LogP contribution in [0.3, 0.4) is 0 Å². The number of nitrogens with zero attached hydrogens (tertiary/aromatic N) is 1. The topological polar surface area (TPSA) is 38.9 Å². The van der Waals surface area contributed by atoms with Crippen LogP contribution in [0.25, 0.3) is 11.1 Å². The molecule has 0 fully saturated rings. The maximum Gasteiger partial charge on any atom is 0.0451 e. The van der Waals surface area contributed by atoms with Crippen LogP contribution in [-0.2, 0) is 6.54 Å². The second-order valence-electron chi connectivity index (χ2n) is 3.25. The molecule has 0 aliphatic rings. The molecule has 0 radical (unpaired) electrons. The third-order valence-corrected chi connectivity index (χ3v) is 2.63. The summed E-state index contributed by atoms with van der Waals surface area (Å²) in [5.74, 6) is 0. The van der Waals surface area contributed by atoms with Gasteiger partial charge in [0.25, 0.3) is 0 Å². The maximum atomic E-state index is 5.99. The monoisotopic (exact) mass is 218 g/mol. The SMILES string of the molecule is NCc1cc(-c2cccnc2)ccc1Cl. The van der Waals surface area contributed by atoms with Gasteiger partial charge in [0, 0.05) is 24.0 Å². The molecule has 0 aliphatic carbocycles. The molecule has 0 saturated heterocycles. The fourth-order valence-corrected chi connectivity index (χ4v) is 1.64. The molecule has 0 saturated carbocycles. The molecule has 15 heavy (non-hydrogen) atoms. The Balaban J connectivity index is 2.46. The van der Waals surface area contributed by atoms with Crippen molar-refractivity contribution in [2.75, 3.05) is 0 Å². The summed E-state index contributed by atoms with van der Waals surface area (Å²) in [6.45, 7) is 0.451. The largest absolute Gasteiger partial charge is 0.326 e. The van der Waals surface area contributed by atoms with E-state index in [9.17, 15) is 0 Å². The van der Waals surface area contributed by atoms with E-state index in [0.29, 0.717) is 11.6 Å². The highest BCUT2D eigenvalue weighted by Crippen LogP contribution is 2.24. The molecule has 2 rings (SSSR count). The van der Waals surface area contributed by atoms with Gasteiger partial charge in [-0.2, -0.15) is 0 Å². The molecule has 1 aromatic heterocycles. The Morgan fingerprint density at radius 1 is 1.20 bits per heavy atom. The minimum absolute atomic E-state index is 0.451. The number of aromatic nitrogens is 1. The molecule has 2 nitrogen and oxygen atoms in total. The van der Waals surface area contributed by atoms with E-state index in [-0.39, 0.29) is 0 Å². The van der Waals surface area contributed by atoms with Crippen molar-refractivity contribution in [1.29, 1.82) is 0 Å². The van der Waals surface area contributed by atoms with E-state index in [1.165, 1.54) is 0 Å². The van der Waals surface area contributed by atoms with Gasteiger partial charge >= 0.3 is 0 Å². The average molecular weight is 219 g/mol. The molecule has 2 N–H and O–H groups in total. The first-order valence-electron chi connectivity index (χ1n) is 4.70. The van der Waals surface area contributed by atoms with Crippen molar-refractivity contribution in [3.8, 4) is 11.1 Å². The van der Waals surface area contributed by atoms with Gasteiger partial charge in [-0.1, -0.05) is 23.7 Å². The minimum atomic E-state index is 0.451. The smallest absolute Gasteiger partial charge is 0.0451 e. The number of hydrogen-bond donors (Lipinski definition) is 1. The molecule has 1 heterocycles. The van der Waals surface area contributed by atoms with E-state index in [4.69, 9.17) is 17.3 Å². The van der Waals surface area contributed by atoms with Crippen molar-refractivity contribution in [1.82, 2.24) is 4.98 Å². The Hall–Kier alpha value is -1.38. The number of nitrogens with two attached hydrogens (primary N) is 1. The van der Waals surface area contributed by atoms with Gasteiger partial charge in [-0.3, -0.25) is 4.98 Å². The first-order valence-corrected chi connectivity index (χ1v) is 5.08. The highest BCUT2D eigenvalue weighted by molar-refractivity contribution is 6.31.